The third kappa shape index (κ3) is 2.53. The monoisotopic (exact) mass is 335 g/mol. The van der Waals surface area contributed by atoms with Gasteiger partial charge in [-0.25, -0.2) is 0 Å². The molecule has 2 heterocycles. The molecule has 1 N–H and O–H groups in total. The number of benzene rings is 2. The van der Waals surface area contributed by atoms with Crippen molar-refractivity contribution in [1.82, 2.24) is 4.90 Å². The first kappa shape index (κ1) is 15.6. The Balaban J connectivity index is 1.93. The fraction of sp³-hybridized carbons (Fsp3) is 0.200. The van der Waals surface area contributed by atoms with Crippen molar-refractivity contribution < 1.29 is 14.3 Å². The molecular weight excluding hydrogens is 318 g/mol. The third-order valence-electron chi connectivity index (χ3n) is 4.56. The van der Waals surface area contributed by atoms with Crippen molar-refractivity contribution in [3.8, 4) is 11.3 Å². The van der Waals surface area contributed by atoms with E-state index in [2.05, 4.69) is 0 Å². The predicted molar refractivity (Wildman–Crippen MR) is 94.6 cm³/mol. The number of carbonyl (C=O) groups excluding carboxylic acids is 1. The number of hydrogen-bond donors (Lipinski definition) is 1. The van der Waals surface area contributed by atoms with Gasteiger partial charge in [-0.15, -0.1) is 0 Å². The molecule has 0 unspecified atom stereocenters. The van der Waals surface area contributed by atoms with E-state index in [0.717, 1.165) is 5.56 Å². The lowest BCUT2D eigenvalue weighted by atomic mass is 10.0. The highest BCUT2D eigenvalue weighted by Gasteiger charge is 2.31. The number of rotatable bonds is 2. The summed E-state index contributed by atoms with van der Waals surface area (Å²) >= 11 is 0. The quantitative estimate of drug-likeness (QED) is 0.781. The smallest absolute Gasteiger partial charge is 0.257 e. The average Bonchev–Trinajstić information content (AvgIpc) is 2.61. The van der Waals surface area contributed by atoms with Crippen LogP contribution in [0.5, 0.6) is 0 Å². The van der Waals surface area contributed by atoms with Crippen molar-refractivity contribution in [3.63, 3.8) is 0 Å². The van der Waals surface area contributed by atoms with Crippen molar-refractivity contribution in [2.75, 3.05) is 13.1 Å². The summed E-state index contributed by atoms with van der Waals surface area (Å²) < 4.78 is 6.05. The maximum atomic E-state index is 12.8. The van der Waals surface area contributed by atoms with Gasteiger partial charge in [0.1, 0.15) is 5.76 Å². The first-order valence-corrected chi connectivity index (χ1v) is 8.15. The number of likely N-dealkylation sites (tertiary alicyclic amines) is 1. The summed E-state index contributed by atoms with van der Waals surface area (Å²) in [5.74, 6) is 0.240. The number of nitrogens with zero attached hydrogens (tertiary/aromatic N) is 1. The first-order valence-electron chi connectivity index (χ1n) is 8.15. The Morgan fingerprint density at radius 3 is 2.52 bits per heavy atom. The van der Waals surface area contributed by atoms with E-state index in [0.29, 0.717) is 40.9 Å². The van der Waals surface area contributed by atoms with Crippen LogP contribution in [0.3, 0.4) is 0 Å². The third-order valence-corrected chi connectivity index (χ3v) is 4.56. The standard InChI is InChI=1S/C20H17NO4/c1-12-17(23)15-8-5-9-16(20(24)21-10-14(22)11-21)19(15)25-18(12)13-6-3-2-4-7-13/h2-9,14,22H,10-11H2,1H3. The highest BCUT2D eigenvalue weighted by Crippen LogP contribution is 2.28. The van der Waals surface area contributed by atoms with Gasteiger partial charge in [0.2, 0.25) is 0 Å². The summed E-state index contributed by atoms with van der Waals surface area (Å²) in [6.45, 7) is 2.33. The molecule has 126 valence electrons. The number of amides is 1. The average molecular weight is 335 g/mol. The van der Waals surface area contributed by atoms with Crippen LogP contribution in [0.1, 0.15) is 15.9 Å². The highest BCUT2D eigenvalue weighted by atomic mass is 16.3. The Hall–Kier alpha value is -2.92. The van der Waals surface area contributed by atoms with E-state index >= 15 is 0 Å². The lowest BCUT2D eigenvalue weighted by Gasteiger charge is -2.35. The Bertz CT molecular complexity index is 1020. The topological polar surface area (TPSA) is 70.8 Å². The van der Waals surface area contributed by atoms with E-state index in [9.17, 15) is 14.7 Å². The van der Waals surface area contributed by atoms with Crippen LogP contribution in [0.2, 0.25) is 0 Å². The Kier molecular flexibility index (Phi) is 3.66. The molecule has 1 saturated heterocycles. The number of carbonyl (C=O) groups is 1. The molecule has 0 aliphatic carbocycles. The first-order chi connectivity index (χ1) is 12.1. The molecule has 1 aliphatic heterocycles. The lowest BCUT2D eigenvalue weighted by molar-refractivity contribution is 0.00595. The molecule has 3 aromatic rings. The molecule has 0 saturated carbocycles. The second-order valence-electron chi connectivity index (χ2n) is 6.30. The molecule has 1 amide bonds. The predicted octanol–water partition coefficient (Wildman–Crippen LogP) is 2.59. The van der Waals surface area contributed by atoms with Gasteiger partial charge in [-0.05, 0) is 19.1 Å². The highest BCUT2D eigenvalue weighted by molar-refractivity contribution is 6.05. The zero-order chi connectivity index (χ0) is 17.6. The molecule has 5 nitrogen and oxygen atoms in total. The number of fused-ring (bicyclic) bond motifs is 1. The lowest BCUT2D eigenvalue weighted by Crippen LogP contribution is -2.53. The molecule has 5 heteroatoms. The minimum Gasteiger partial charge on any atom is -0.455 e. The van der Waals surface area contributed by atoms with E-state index in [1.807, 2.05) is 30.3 Å². The van der Waals surface area contributed by atoms with Gasteiger partial charge in [0.25, 0.3) is 5.91 Å². The van der Waals surface area contributed by atoms with Crippen LogP contribution in [-0.4, -0.2) is 35.1 Å². The summed E-state index contributed by atoms with van der Waals surface area (Å²) in [5, 5.41) is 9.83. The minimum absolute atomic E-state index is 0.140. The molecule has 0 atom stereocenters. The molecule has 25 heavy (non-hydrogen) atoms. The van der Waals surface area contributed by atoms with Crippen molar-refractivity contribution in [2.45, 2.75) is 13.0 Å². The van der Waals surface area contributed by atoms with Crippen molar-refractivity contribution in [2.24, 2.45) is 0 Å². The van der Waals surface area contributed by atoms with Gasteiger partial charge in [0.15, 0.2) is 11.0 Å². The zero-order valence-electron chi connectivity index (χ0n) is 13.7. The van der Waals surface area contributed by atoms with E-state index in [-0.39, 0.29) is 11.3 Å². The Labute approximate surface area is 144 Å². The van der Waals surface area contributed by atoms with E-state index in [1.165, 1.54) is 0 Å². The van der Waals surface area contributed by atoms with Crippen molar-refractivity contribution in [1.29, 1.82) is 0 Å². The van der Waals surface area contributed by atoms with Crippen molar-refractivity contribution in [3.05, 3.63) is 69.9 Å². The Morgan fingerprint density at radius 2 is 1.84 bits per heavy atom. The van der Waals surface area contributed by atoms with E-state index in [4.69, 9.17) is 4.42 Å². The molecule has 1 aromatic heterocycles. The molecule has 0 radical (unpaired) electrons. The Morgan fingerprint density at radius 1 is 1.12 bits per heavy atom. The number of β-amino-alcohol motifs (C(OH)–C–C–N with tert-alkyl or cyclic N) is 1. The van der Waals surface area contributed by atoms with Crippen LogP contribution < -0.4 is 5.43 Å². The summed E-state index contributed by atoms with van der Waals surface area (Å²) in [7, 11) is 0. The molecule has 0 bridgehead atoms. The SMILES string of the molecule is Cc1c(-c2ccccc2)oc2c(C(=O)N3CC(O)C3)cccc2c1=O. The van der Waals surface area contributed by atoms with Crippen LogP contribution in [0, 0.1) is 6.92 Å². The van der Waals surface area contributed by atoms with Crippen LogP contribution >= 0.6 is 0 Å². The van der Waals surface area contributed by atoms with E-state index in [1.54, 1.807) is 30.0 Å². The number of aliphatic hydroxyl groups is 1. The molecule has 2 aromatic carbocycles. The van der Waals surface area contributed by atoms with Gasteiger partial charge >= 0.3 is 0 Å². The van der Waals surface area contributed by atoms with Crippen LogP contribution in [0.25, 0.3) is 22.3 Å². The van der Waals surface area contributed by atoms with Gasteiger partial charge in [-0.2, -0.15) is 0 Å². The second-order valence-corrected chi connectivity index (χ2v) is 6.30. The van der Waals surface area contributed by atoms with Crippen LogP contribution in [-0.2, 0) is 0 Å². The van der Waals surface area contributed by atoms with Crippen molar-refractivity contribution >= 4 is 16.9 Å². The number of hydrogen-bond acceptors (Lipinski definition) is 4. The summed E-state index contributed by atoms with van der Waals surface area (Å²) in [5.41, 5.74) is 1.81. The molecule has 0 spiro atoms. The summed E-state index contributed by atoms with van der Waals surface area (Å²) in [6, 6.07) is 14.4. The maximum Gasteiger partial charge on any atom is 0.257 e. The molecular formula is C20H17NO4. The fourth-order valence-electron chi connectivity index (χ4n) is 3.13. The van der Waals surface area contributed by atoms with Gasteiger partial charge in [-0.3, -0.25) is 9.59 Å². The second kappa shape index (κ2) is 5.86. The molecule has 1 aliphatic rings. The van der Waals surface area contributed by atoms with Gasteiger partial charge < -0.3 is 14.4 Å². The summed E-state index contributed by atoms with van der Waals surface area (Å²) in [4.78, 5) is 27.0. The van der Waals surface area contributed by atoms with E-state index < -0.39 is 6.10 Å². The molecule has 4 rings (SSSR count). The van der Waals surface area contributed by atoms with Crippen LogP contribution in [0.15, 0.2) is 57.7 Å². The minimum atomic E-state index is -0.479. The fourth-order valence-corrected chi connectivity index (χ4v) is 3.13. The van der Waals surface area contributed by atoms with Gasteiger partial charge in [0.05, 0.1) is 17.1 Å². The summed E-state index contributed by atoms with van der Waals surface area (Å²) in [6.07, 6.45) is -0.479. The normalized spacial score (nSPS) is 14.6. The van der Waals surface area contributed by atoms with Gasteiger partial charge in [0, 0.05) is 24.2 Å². The number of para-hydroxylation sites is 1. The number of aliphatic hydroxyl groups excluding tert-OH is 1. The van der Waals surface area contributed by atoms with Crippen LogP contribution in [0.4, 0.5) is 0 Å². The zero-order valence-corrected chi connectivity index (χ0v) is 13.7. The van der Waals surface area contributed by atoms with Gasteiger partial charge in [-0.1, -0.05) is 36.4 Å². The largest absolute Gasteiger partial charge is 0.455 e. The molecule has 1 fully saturated rings. The maximum absolute atomic E-state index is 12.8.